The molecule has 0 bridgehead atoms. The highest BCUT2D eigenvalue weighted by molar-refractivity contribution is 5.98. The molecule has 1 atom stereocenters. The van der Waals surface area contributed by atoms with Crippen LogP contribution in [0, 0.1) is 0 Å². The van der Waals surface area contributed by atoms with Crippen molar-refractivity contribution in [3.05, 3.63) is 36.0 Å². The predicted octanol–water partition coefficient (Wildman–Crippen LogP) is 1.39. The molecule has 0 spiro atoms. The molecule has 0 unspecified atom stereocenters. The maximum absolute atomic E-state index is 11.7. The summed E-state index contributed by atoms with van der Waals surface area (Å²) in [6, 6.07) is 6.49. The Balaban J connectivity index is 2.32. The van der Waals surface area contributed by atoms with Gasteiger partial charge in [-0.05, 0) is 18.6 Å². The van der Waals surface area contributed by atoms with Crippen molar-refractivity contribution >= 4 is 29.3 Å². The Labute approximate surface area is 151 Å². The highest BCUT2D eigenvalue weighted by Crippen LogP contribution is 2.23. The van der Waals surface area contributed by atoms with Crippen LogP contribution in [0.15, 0.2) is 30.5 Å². The number of carbonyl (C=O) groups is 2. The number of hydrogen-bond acceptors (Lipinski definition) is 7. The molecular formula is C17H22N6O3. The van der Waals surface area contributed by atoms with Crippen molar-refractivity contribution in [2.45, 2.75) is 25.8 Å². The summed E-state index contributed by atoms with van der Waals surface area (Å²) in [6.07, 6.45) is 2.59. The zero-order chi connectivity index (χ0) is 19.1. The number of rotatable bonds is 9. The Morgan fingerprint density at radius 3 is 2.69 bits per heavy atom. The van der Waals surface area contributed by atoms with Crippen molar-refractivity contribution < 1.29 is 14.3 Å². The number of benzene rings is 1. The number of nitrogens with zero attached hydrogens (tertiary/aromatic N) is 2. The summed E-state index contributed by atoms with van der Waals surface area (Å²) >= 11 is 0. The van der Waals surface area contributed by atoms with Crippen LogP contribution >= 0.6 is 0 Å². The minimum absolute atomic E-state index is 0.115. The van der Waals surface area contributed by atoms with Gasteiger partial charge in [0.05, 0.1) is 7.11 Å². The third kappa shape index (κ3) is 4.82. The second kappa shape index (κ2) is 8.65. The first kappa shape index (κ1) is 19.0. The van der Waals surface area contributed by atoms with E-state index >= 15 is 0 Å². The third-order valence-electron chi connectivity index (χ3n) is 3.61. The Morgan fingerprint density at radius 1 is 1.31 bits per heavy atom. The second-order valence-electron chi connectivity index (χ2n) is 5.57. The Hall–Kier alpha value is -3.36. The van der Waals surface area contributed by atoms with Crippen LogP contribution in [-0.2, 0) is 4.79 Å². The molecule has 0 fully saturated rings. The fourth-order valence-electron chi connectivity index (χ4n) is 2.29. The quantitative estimate of drug-likeness (QED) is 0.530. The van der Waals surface area contributed by atoms with Gasteiger partial charge in [-0.2, -0.15) is 4.98 Å². The summed E-state index contributed by atoms with van der Waals surface area (Å²) < 4.78 is 5.17. The number of nitrogens with two attached hydrogens (primary N) is 2. The molecule has 0 saturated heterocycles. The van der Waals surface area contributed by atoms with Crippen LogP contribution in [0.2, 0.25) is 0 Å². The molecule has 6 N–H and O–H groups in total. The Kier molecular flexibility index (Phi) is 6.31. The van der Waals surface area contributed by atoms with E-state index in [0.29, 0.717) is 17.9 Å². The van der Waals surface area contributed by atoms with E-state index in [-0.39, 0.29) is 17.3 Å². The Bertz CT molecular complexity index is 796. The summed E-state index contributed by atoms with van der Waals surface area (Å²) in [5, 5.41) is 5.90. The lowest BCUT2D eigenvalue weighted by molar-refractivity contribution is -0.118. The summed E-state index contributed by atoms with van der Waals surface area (Å²) in [6.45, 7) is 1.93. The van der Waals surface area contributed by atoms with Crippen LogP contribution in [0.3, 0.4) is 0 Å². The predicted molar refractivity (Wildman–Crippen MR) is 98.3 cm³/mol. The van der Waals surface area contributed by atoms with Crippen molar-refractivity contribution in [2.75, 3.05) is 17.7 Å². The maximum Gasteiger partial charge on any atom is 0.254 e. The molecule has 0 radical (unpaired) electrons. The zero-order valence-electron chi connectivity index (χ0n) is 14.7. The maximum atomic E-state index is 11.7. The van der Waals surface area contributed by atoms with Crippen LogP contribution < -0.4 is 26.8 Å². The first-order chi connectivity index (χ1) is 12.4. The van der Waals surface area contributed by atoms with Crippen LogP contribution in [0.5, 0.6) is 5.75 Å². The number of aromatic nitrogens is 2. The molecule has 0 aliphatic carbocycles. The number of anilines is 3. The van der Waals surface area contributed by atoms with Crippen molar-refractivity contribution in [1.82, 2.24) is 9.97 Å². The average molecular weight is 358 g/mol. The molecule has 138 valence electrons. The third-order valence-corrected chi connectivity index (χ3v) is 3.61. The van der Waals surface area contributed by atoms with Crippen LogP contribution in [0.25, 0.3) is 0 Å². The van der Waals surface area contributed by atoms with Gasteiger partial charge in [-0.3, -0.25) is 9.59 Å². The van der Waals surface area contributed by atoms with E-state index in [0.717, 1.165) is 6.42 Å². The normalized spacial score (nSPS) is 11.5. The number of ether oxygens (including phenoxy) is 1. The summed E-state index contributed by atoms with van der Waals surface area (Å²) in [5.74, 6) is -0.168. The average Bonchev–Trinajstić information content (AvgIpc) is 2.61. The topological polar surface area (TPSA) is 145 Å². The smallest absolute Gasteiger partial charge is 0.254 e. The zero-order valence-corrected chi connectivity index (χ0v) is 14.7. The molecular weight excluding hydrogens is 336 g/mol. The highest BCUT2D eigenvalue weighted by Gasteiger charge is 2.18. The molecule has 1 heterocycles. The SMILES string of the molecule is CCC[C@@H](Nc1ncc(C(N)=O)c(Nc2cccc(OC)c2)n1)C(N)=O. The van der Waals surface area contributed by atoms with Crippen LogP contribution in [-0.4, -0.2) is 34.9 Å². The van der Waals surface area contributed by atoms with E-state index in [9.17, 15) is 9.59 Å². The molecule has 26 heavy (non-hydrogen) atoms. The van der Waals surface area contributed by atoms with Crippen molar-refractivity contribution in [2.24, 2.45) is 11.5 Å². The first-order valence-electron chi connectivity index (χ1n) is 8.08. The number of carbonyl (C=O) groups excluding carboxylic acids is 2. The molecule has 0 aliphatic rings. The van der Waals surface area contributed by atoms with Crippen molar-refractivity contribution in [3.8, 4) is 5.75 Å². The molecule has 2 rings (SSSR count). The molecule has 2 amide bonds. The minimum atomic E-state index is -0.679. The number of hydrogen-bond donors (Lipinski definition) is 4. The lowest BCUT2D eigenvalue weighted by atomic mass is 10.1. The van der Waals surface area contributed by atoms with Crippen molar-refractivity contribution in [1.29, 1.82) is 0 Å². The molecule has 0 saturated carbocycles. The van der Waals surface area contributed by atoms with Gasteiger partial charge in [-0.25, -0.2) is 4.98 Å². The van der Waals surface area contributed by atoms with E-state index in [1.54, 1.807) is 31.4 Å². The molecule has 1 aromatic carbocycles. The minimum Gasteiger partial charge on any atom is -0.497 e. The fourth-order valence-corrected chi connectivity index (χ4v) is 2.29. The largest absolute Gasteiger partial charge is 0.497 e. The van der Waals surface area contributed by atoms with Crippen LogP contribution in [0.4, 0.5) is 17.5 Å². The number of nitrogens with one attached hydrogen (secondary N) is 2. The van der Waals surface area contributed by atoms with Crippen molar-refractivity contribution in [3.63, 3.8) is 0 Å². The van der Waals surface area contributed by atoms with E-state index in [1.807, 2.05) is 6.92 Å². The molecule has 0 aliphatic heterocycles. The van der Waals surface area contributed by atoms with Gasteiger partial charge < -0.3 is 26.8 Å². The lowest BCUT2D eigenvalue weighted by Gasteiger charge is -2.16. The standard InChI is InChI=1S/C17H22N6O3/c1-3-5-13(15(19)25)22-17-20-9-12(14(18)24)16(23-17)21-10-6-4-7-11(8-10)26-2/h4,6-9,13H,3,5H2,1-2H3,(H2,18,24)(H2,19,25)(H2,20,21,22,23)/t13-/m1/s1. The Morgan fingerprint density at radius 2 is 2.08 bits per heavy atom. The van der Waals surface area contributed by atoms with E-state index in [1.165, 1.54) is 6.20 Å². The van der Waals surface area contributed by atoms with Gasteiger partial charge in [0, 0.05) is 18.0 Å². The molecule has 2 aromatic rings. The van der Waals surface area contributed by atoms with Gasteiger partial charge in [0.1, 0.15) is 23.2 Å². The van der Waals surface area contributed by atoms with Gasteiger partial charge in [-0.1, -0.05) is 19.4 Å². The first-order valence-corrected chi connectivity index (χ1v) is 8.08. The summed E-state index contributed by atoms with van der Waals surface area (Å²) in [7, 11) is 1.55. The highest BCUT2D eigenvalue weighted by atomic mass is 16.5. The van der Waals surface area contributed by atoms with E-state index < -0.39 is 17.9 Å². The number of methoxy groups -OCH3 is 1. The van der Waals surface area contributed by atoms with Crippen LogP contribution in [0.1, 0.15) is 30.1 Å². The molecule has 9 heteroatoms. The van der Waals surface area contributed by atoms with Gasteiger partial charge in [0.2, 0.25) is 11.9 Å². The van der Waals surface area contributed by atoms with Gasteiger partial charge in [-0.15, -0.1) is 0 Å². The second-order valence-corrected chi connectivity index (χ2v) is 5.57. The monoisotopic (exact) mass is 358 g/mol. The number of primary amides is 2. The van der Waals surface area contributed by atoms with Gasteiger partial charge >= 0.3 is 0 Å². The van der Waals surface area contributed by atoms with E-state index in [4.69, 9.17) is 16.2 Å². The fraction of sp³-hybridized carbons (Fsp3) is 0.294. The van der Waals surface area contributed by atoms with Gasteiger partial charge in [0.15, 0.2) is 0 Å². The van der Waals surface area contributed by atoms with Gasteiger partial charge in [0.25, 0.3) is 5.91 Å². The summed E-state index contributed by atoms with van der Waals surface area (Å²) in [4.78, 5) is 31.5. The molecule has 9 nitrogen and oxygen atoms in total. The van der Waals surface area contributed by atoms with E-state index in [2.05, 4.69) is 20.6 Å². The summed E-state index contributed by atoms with van der Waals surface area (Å²) in [5.41, 5.74) is 11.5. The lowest BCUT2D eigenvalue weighted by Crippen LogP contribution is -2.36. The molecule has 1 aromatic heterocycles. The number of amides is 2.